The number of halogens is 3. The van der Waals surface area contributed by atoms with Crippen molar-refractivity contribution < 1.29 is 13.6 Å². The summed E-state index contributed by atoms with van der Waals surface area (Å²) in [5.41, 5.74) is 1.36. The summed E-state index contributed by atoms with van der Waals surface area (Å²) in [6, 6.07) is 11.1. The summed E-state index contributed by atoms with van der Waals surface area (Å²) in [5.74, 6) is -2.17. The van der Waals surface area contributed by atoms with E-state index in [1.54, 1.807) is 0 Å². The van der Waals surface area contributed by atoms with Crippen molar-refractivity contribution in [1.82, 2.24) is 4.90 Å². The average molecular weight is 365 g/mol. The van der Waals surface area contributed by atoms with Gasteiger partial charge < -0.3 is 5.32 Å². The second-order valence-corrected chi connectivity index (χ2v) is 6.67. The molecule has 1 amide bonds. The number of rotatable bonds is 4. The zero-order chi connectivity index (χ0) is 17.8. The van der Waals surface area contributed by atoms with Gasteiger partial charge >= 0.3 is 0 Å². The predicted octanol–water partition coefficient (Wildman–Crippen LogP) is 4.47. The summed E-state index contributed by atoms with van der Waals surface area (Å²) >= 11 is 6.19. The van der Waals surface area contributed by atoms with Gasteiger partial charge in [0.15, 0.2) is 11.6 Å². The number of carbonyl (C=O) groups excluding carboxylic acids is 1. The molecule has 0 saturated carbocycles. The maximum atomic E-state index is 13.2. The van der Waals surface area contributed by atoms with Gasteiger partial charge in [-0.1, -0.05) is 29.8 Å². The van der Waals surface area contributed by atoms with E-state index in [2.05, 4.69) is 10.2 Å². The fourth-order valence-corrected chi connectivity index (χ4v) is 3.23. The van der Waals surface area contributed by atoms with E-state index in [1.165, 1.54) is 6.07 Å². The first-order valence-electron chi connectivity index (χ1n) is 8.24. The molecule has 2 aromatic carbocycles. The number of nitrogens with one attached hydrogen (secondary N) is 1. The number of carbonyl (C=O) groups is 1. The minimum Gasteiger partial charge on any atom is -0.326 e. The van der Waals surface area contributed by atoms with Crippen molar-refractivity contribution >= 4 is 23.2 Å². The molecule has 1 aliphatic heterocycles. The SMILES string of the molecule is O=C(Nc1ccc(F)c(F)c1)C1CCN(Cc2ccccc2Cl)CC1. The van der Waals surface area contributed by atoms with Crippen molar-refractivity contribution in [2.45, 2.75) is 19.4 Å². The molecular formula is C19H19ClF2N2O. The fraction of sp³-hybridized carbons (Fsp3) is 0.316. The third-order valence-corrected chi connectivity index (χ3v) is 4.87. The van der Waals surface area contributed by atoms with E-state index in [0.29, 0.717) is 0 Å². The van der Waals surface area contributed by atoms with Gasteiger partial charge in [-0.2, -0.15) is 0 Å². The summed E-state index contributed by atoms with van der Waals surface area (Å²) < 4.78 is 26.2. The molecule has 2 aromatic rings. The standard InChI is InChI=1S/C19H19ClF2N2O/c20-16-4-2-1-3-14(16)12-24-9-7-13(8-10-24)19(25)23-15-5-6-17(21)18(22)11-15/h1-6,11,13H,7-10,12H2,(H,23,25). The van der Waals surface area contributed by atoms with Crippen LogP contribution in [-0.4, -0.2) is 23.9 Å². The van der Waals surface area contributed by atoms with Gasteiger partial charge in [-0.25, -0.2) is 8.78 Å². The number of hydrogen-bond donors (Lipinski definition) is 1. The molecule has 0 radical (unpaired) electrons. The highest BCUT2D eigenvalue weighted by Crippen LogP contribution is 2.23. The third kappa shape index (κ3) is 4.55. The number of anilines is 1. The molecule has 25 heavy (non-hydrogen) atoms. The van der Waals surface area contributed by atoms with Crippen LogP contribution in [0.25, 0.3) is 0 Å². The highest BCUT2D eigenvalue weighted by atomic mass is 35.5. The number of likely N-dealkylation sites (tertiary alicyclic amines) is 1. The second kappa shape index (κ2) is 7.93. The van der Waals surface area contributed by atoms with Crippen molar-refractivity contribution in [1.29, 1.82) is 0 Å². The Labute approximate surface area is 150 Å². The van der Waals surface area contributed by atoms with Crippen molar-refractivity contribution in [3.63, 3.8) is 0 Å². The highest BCUT2D eigenvalue weighted by Gasteiger charge is 2.25. The zero-order valence-corrected chi connectivity index (χ0v) is 14.4. The lowest BCUT2D eigenvalue weighted by Gasteiger charge is -2.31. The quantitative estimate of drug-likeness (QED) is 0.868. The van der Waals surface area contributed by atoms with E-state index < -0.39 is 11.6 Å². The van der Waals surface area contributed by atoms with Crippen LogP contribution in [0.3, 0.4) is 0 Å². The third-order valence-electron chi connectivity index (χ3n) is 4.50. The smallest absolute Gasteiger partial charge is 0.227 e. The molecule has 1 aliphatic rings. The van der Waals surface area contributed by atoms with Crippen LogP contribution in [0.5, 0.6) is 0 Å². The minimum atomic E-state index is -0.965. The largest absolute Gasteiger partial charge is 0.326 e. The summed E-state index contributed by atoms with van der Waals surface area (Å²) in [5, 5.41) is 3.42. The Kier molecular flexibility index (Phi) is 5.66. The summed E-state index contributed by atoms with van der Waals surface area (Å²) in [4.78, 5) is 14.6. The van der Waals surface area contributed by atoms with Gasteiger partial charge in [0.2, 0.25) is 5.91 Å². The first-order chi connectivity index (χ1) is 12.0. The highest BCUT2D eigenvalue weighted by molar-refractivity contribution is 6.31. The Hall–Kier alpha value is -1.98. The van der Waals surface area contributed by atoms with Gasteiger partial charge in [0, 0.05) is 29.2 Å². The van der Waals surface area contributed by atoms with Gasteiger partial charge in [0.1, 0.15) is 0 Å². The van der Waals surface area contributed by atoms with Crippen LogP contribution >= 0.6 is 11.6 Å². The number of piperidine rings is 1. The molecule has 0 bridgehead atoms. The molecule has 0 atom stereocenters. The number of benzene rings is 2. The zero-order valence-electron chi connectivity index (χ0n) is 13.6. The molecule has 0 unspecified atom stereocenters. The van der Waals surface area contributed by atoms with Crippen LogP contribution in [0.4, 0.5) is 14.5 Å². The first kappa shape index (κ1) is 17.8. The summed E-state index contributed by atoms with van der Waals surface area (Å²) in [6.07, 6.45) is 1.44. The maximum Gasteiger partial charge on any atom is 0.227 e. The molecule has 132 valence electrons. The number of amides is 1. The Morgan fingerprint density at radius 3 is 2.52 bits per heavy atom. The van der Waals surface area contributed by atoms with Crippen molar-refractivity contribution in [3.8, 4) is 0 Å². The van der Waals surface area contributed by atoms with Crippen LogP contribution in [0.15, 0.2) is 42.5 Å². The Bertz CT molecular complexity index is 761. The van der Waals surface area contributed by atoms with Crippen LogP contribution in [0.2, 0.25) is 5.02 Å². The molecule has 3 nitrogen and oxygen atoms in total. The molecule has 0 spiro atoms. The van der Waals surface area contributed by atoms with Gasteiger partial charge in [-0.05, 0) is 49.7 Å². The van der Waals surface area contributed by atoms with Crippen molar-refractivity contribution in [2.24, 2.45) is 5.92 Å². The van der Waals surface area contributed by atoms with Gasteiger partial charge in [-0.15, -0.1) is 0 Å². The molecule has 6 heteroatoms. The molecule has 0 aliphatic carbocycles. The van der Waals surface area contributed by atoms with Gasteiger partial charge in [0.25, 0.3) is 0 Å². The van der Waals surface area contributed by atoms with Gasteiger partial charge in [-0.3, -0.25) is 9.69 Å². The average Bonchev–Trinajstić information content (AvgIpc) is 2.61. The van der Waals surface area contributed by atoms with Crippen molar-refractivity contribution in [3.05, 3.63) is 64.7 Å². The van der Waals surface area contributed by atoms with E-state index in [1.807, 2.05) is 24.3 Å². The Morgan fingerprint density at radius 1 is 1.12 bits per heavy atom. The predicted molar refractivity (Wildman–Crippen MR) is 94.4 cm³/mol. The molecule has 0 aromatic heterocycles. The van der Waals surface area contributed by atoms with Crippen LogP contribution in [-0.2, 0) is 11.3 Å². The Morgan fingerprint density at radius 2 is 1.84 bits per heavy atom. The lowest BCUT2D eigenvalue weighted by Crippen LogP contribution is -2.37. The van der Waals surface area contributed by atoms with Gasteiger partial charge in [0.05, 0.1) is 0 Å². The normalized spacial score (nSPS) is 16.0. The van der Waals surface area contributed by atoms with E-state index in [9.17, 15) is 13.6 Å². The molecule has 3 rings (SSSR count). The fourth-order valence-electron chi connectivity index (χ4n) is 3.04. The topological polar surface area (TPSA) is 32.3 Å². The van der Waals surface area contributed by atoms with E-state index in [-0.39, 0.29) is 17.5 Å². The van der Waals surface area contributed by atoms with Crippen molar-refractivity contribution in [2.75, 3.05) is 18.4 Å². The van der Waals surface area contributed by atoms with Crippen LogP contribution < -0.4 is 5.32 Å². The Balaban J connectivity index is 1.52. The molecular weight excluding hydrogens is 346 g/mol. The monoisotopic (exact) mass is 364 g/mol. The molecule has 1 N–H and O–H groups in total. The molecule has 1 fully saturated rings. The van der Waals surface area contributed by atoms with Crippen LogP contribution in [0, 0.1) is 17.6 Å². The number of nitrogens with zero attached hydrogens (tertiary/aromatic N) is 1. The number of hydrogen-bond acceptors (Lipinski definition) is 2. The maximum absolute atomic E-state index is 13.2. The van der Waals surface area contributed by atoms with E-state index in [0.717, 1.165) is 55.2 Å². The summed E-state index contributed by atoms with van der Waals surface area (Å²) in [7, 11) is 0. The van der Waals surface area contributed by atoms with E-state index in [4.69, 9.17) is 11.6 Å². The lowest BCUT2D eigenvalue weighted by molar-refractivity contribution is -0.121. The minimum absolute atomic E-state index is 0.129. The molecule has 1 heterocycles. The van der Waals surface area contributed by atoms with Crippen LogP contribution in [0.1, 0.15) is 18.4 Å². The molecule has 1 saturated heterocycles. The second-order valence-electron chi connectivity index (χ2n) is 6.26. The lowest BCUT2D eigenvalue weighted by atomic mass is 9.95. The summed E-state index contributed by atoms with van der Waals surface area (Å²) in [6.45, 7) is 2.35. The van der Waals surface area contributed by atoms with E-state index >= 15 is 0 Å². The first-order valence-corrected chi connectivity index (χ1v) is 8.62.